The summed E-state index contributed by atoms with van der Waals surface area (Å²) in [5, 5.41) is 19.4. The number of nitro benzene ring substituents is 2. The number of hydrogen-bond acceptors (Lipinski definition) is 5. The van der Waals surface area contributed by atoms with Gasteiger partial charge in [0.1, 0.15) is 11.6 Å². The van der Waals surface area contributed by atoms with Crippen LogP contribution in [0.4, 0.5) is 20.2 Å². The number of halogens is 2. The maximum absolute atomic E-state index is 13.9. The van der Waals surface area contributed by atoms with E-state index in [1.807, 2.05) is 0 Å². The molecule has 0 unspecified atom stereocenters. The summed E-state index contributed by atoms with van der Waals surface area (Å²) in [6, 6.07) is 3.86. The first-order chi connectivity index (χ1) is 10.6. The van der Waals surface area contributed by atoms with Crippen LogP contribution >= 0.6 is 7.37 Å². The SMILES string of the molecule is O=[N+]([O-])c1ccc(P(=O)(O)c2ccc([N+](=O)[O-])cc2F)c(F)c1. The van der Waals surface area contributed by atoms with Crippen LogP contribution in [0.5, 0.6) is 0 Å². The molecule has 0 saturated carbocycles. The van der Waals surface area contributed by atoms with Crippen LogP contribution in [-0.2, 0) is 4.57 Å². The number of benzene rings is 2. The van der Waals surface area contributed by atoms with Crippen molar-refractivity contribution in [3.05, 3.63) is 68.3 Å². The molecule has 2 aromatic rings. The quantitative estimate of drug-likeness (QED) is 0.514. The number of rotatable bonds is 4. The minimum atomic E-state index is -4.77. The summed E-state index contributed by atoms with van der Waals surface area (Å²) in [5.41, 5.74) is -1.29. The molecule has 8 nitrogen and oxygen atoms in total. The van der Waals surface area contributed by atoms with E-state index in [0.29, 0.717) is 24.3 Å². The molecule has 0 fully saturated rings. The maximum Gasteiger partial charge on any atom is 0.272 e. The van der Waals surface area contributed by atoms with Crippen LogP contribution in [0.25, 0.3) is 0 Å². The van der Waals surface area contributed by atoms with Crippen LogP contribution in [-0.4, -0.2) is 14.7 Å². The summed E-state index contributed by atoms with van der Waals surface area (Å²) in [5.74, 6) is -2.72. The van der Waals surface area contributed by atoms with Crippen molar-refractivity contribution in [3.63, 3.8) is 0 Å². The maximum atomic E-state index is 13.9. The second kappa shape index (κ2) is 5.82. The molecule has 0 aliphatic rings. The molecule has 1 N–H and O–H groups in total. The Morgan fingerprint density at radius 3 is 1.48 bits per heavy atom. The monoisotopic (exact) mass is 344 g/mol. The van der Waals surface area contributed by atoms with Crippen molar-refractivity contribution >= 4 is 29.4 Å². The number of non-ortho nitro benzene ring substituents is 2. The lowest BCUT2D eigenvalue weighted by Gasteiger charge is -2.13. The standard InChI is InChI=1S/C12H7F2N2O6P/c13-9-5-7(15(17)18)1-3-11(9)23(21,22)12-4-2-8(16(19)20)6-10(12)14/h1-6H,(H,21,22). The van der Waals surface area contributed by atoms with Crippen molar-refractivity contribution in [1.29, 1.82) is 0 Å². The highest BCUT2D eigenvalue weighted by Crippen LogP contribution is 2.41. The van der Waals surface area contributed by atoms with E-state index in [4.69, 9.17) is 0 Å². The fourth-order valence-electron chi connectivity index (χ4n) is 1.84. The van der Waals surface area contributed by atoms with Gasteiger partial charge in [0.25, 0.3) is 18.7 Å². The van der Waals surface area contributed by atoms with Crippen LogP contribution in [0.3, 0.4) is 0 Å². The molecule has 0 saturated heterocycles. The highest BCUT2D eigenvalue weighted by atomic mass is 31.2. The van der Waals surface area contributed by atoms with Gasteiger partial charge >= 0.3 is 0 Å². The third-order valence-electron chi connectivity index (χ3n) is 2.94. The molecule has 23 heavy (non-hydrogen) atoms. The zero-order chi connectivity index (χ0) is 17.4. The lowest BCUT2D eigenvalue weighted by molar-refractivity contribution is -0.385. The zero-order valence-corrected chi connectivity index (χ0v) is 11.9. The fraction of sp³-hybridized carbons (Fsp3) is 0. The van der Waals surface area contributed by atoms with Gasteiger partial charge in [-0.25, -0.2) is 8.78 Å². The number of hydrogen-bond donors (Lipinski definition) is 1. The van der Waals surface area contributed by atoms with Gasteiger partial charge in [-0.05, 0) is 12.1 Å². The van der Waals surface area contributed by atoms with Crippen LogP contribution in [0.2, 0.25) is 0 Å². The van der Waals surface area contributed by atoms with Crippen molar-refractivity contribution in [2.45, 2.75) is 0 Å². The van der Waals surface area contributed by atoms with Gasteiger partial charge in [-0.15, -0.1) is 0 Å². The molecule has 0 spiro atoms. The lowest BCUT2D eigenvalue weighted by atomic mass is 10.3. The van der Waals surface area contributed by atoms with Crippen molar-refractivity contribution in [2.75, 3.05) is 0 Å². The molecule has 11 heteroatoms. The van der Waals surface area contributed by atoms with E-state index in [0.717, 1.165) is 12.1 Å². The van der Waals surface area contributed by atoms with E-state index < -0.39 is 50.8 Å². The Morgan fingerprint density at radius 2 is 1.22 bits per heavy atom. The Labute approximate surface area is 126 Å². The van der Waals surface area contributed by atoms with E-state index in [1.165, 1.54) is 0 Å². The first-order valence-electron chi connectivity index (χ1n) is 5.86. The van der Waals surface area contributed by atoms with Crippen molar-refractivity contribution in [1.82, 2.24) is 0 Å². The summed E-state index contributed by atoms with van der Waals surface area (Å²) in [4.78, 5) is 29.3. The van der Waals surface area contributed by atoms with Gasteiger partial charge in [0, 0.05) is 12.1 Å². The third-order valence-corrected chi connectivity index (χ3v) is 4.97. The average molecular weight is 344 g/mol. The number of nitrogens with zero attached hydrogens (tertiary/aromatic N) is 2. The van der Waals surface area contributed by atoms with Crippen LogP contribution in [0, 0.1) is 31.9 Å². The first kappa shape index (κ1) is 16.7. The highest BCUT2D eigenvalue weighted by molar-refractivity contribution is 7.73. The molecule has 0 amide bonds. The van der Waals surface area contributed by atoms with Gasteiger partial charge in [0.2, 0.25) is 0 Å². The van der Waals surface area contributed by atoms with E-state index in [-0.39, 0.29) is 0 Å². The van der Waals surface area contributed by atoms with Crippen LogP contribution in [0.15, 0.2) is 36.4 Å². The Kier molecular flexibility index (Phi) is 4.22. The van der Waals surface area contributed by atoms with Gasteiger partial charge < -0.3 is 4.89 Å². The Hall–Kier alpha value is -2.71. The molecule has 0 atom stereocenters. The minimum absolute atomic E-state index is 0.432. The molecule has 120 valence electrons. The Morgan fingerprint density at radius 1 is 0.870 bits per heavy atom. The average Bonchev–Trinajstić information content (AvgIpc) is 2.46. The summed E-state index contributed by atoms with van der Waals surface area (Å²) >= 11 is 0. The summed E-state index contributed by atoms with van der Waals surface area (Å²) in [6.07, 6.45) is 0. The highest BCUT2D eigenvalue weighted by Gasteiger charge is 2.32. The van der Waals surface area contributed by atoms with Crippen LogP contribution < -0.4 is 10.6 Å². The predicted molar refractivity (Wildman–Crippen MR) is 75.2 cm³/mol. The molecule has 0 aliphatic heterocycles. The van der Waals surface area contributed by atoms with E-state index in [1.54, 1.807) is 0 Å². The van der Waals surface area contributed by atoms with Crippen molar-refractivity contribution in [3.8, 4) is 0 Å². The van der Waals surface area contributed by atoms with Crippen molar-refractivity contribution in [2.24, 2.45) is 0 Å². The van der Waals surface area contributed by atoms with E-state index in [9.17, 15) is 38.5 Å². The van der Waals surface area contributed by atoms with Gasteiger partial charge in [-0.2, -0.15) is 0 Å². The first-order valence-corrected chi connectivity index (χ1v) is 7.52. The molecule has 2 rings (SSSR count). The molecular weight excluding hydrogens is 337 g/mol. The Balaban J connectivity index is 2.56. The van der Waals surface area contributed by atoms with Gasteiger partial charge in [0.05, 0.1) is 32.6 Å². The van der Waals surface area contributed by atoms with E-state index >= 15 is 0 Å². The molecule has 0 aliphatic carbocycles. The summed E-state index contributed by atoms with van der Waals surface area (Å²) in [7, 11) is -4.77. The molecule has 2 aromatic carbocycles. The Bertz CT molecular complexity index is 805. The zero-order valence-electron chi connectivity index (χ0n) is 11.1. The topological polar surface area (TPSA) is 124 Å². The lowest BCUT2D eigenvalue weighted by Crippen LogP contribution is -2.21. The molecular formula is C12H7F2N2O6P. The van der Waals surface area contributed by atoms with Crippen LogP contribution in [0.1, 0.15) is 0 Å². The van der Waals surface area contributed by atoms with E-state index in [2.05, 4.69) is 0 Å². The van der Waals surface area contributed by atoms with Gasteiger partial charge in [0.15, 0.2) is 0 Å². The van der Waals surface area contributed by atoms with Gasteiger partial charge in [-0.3, -0.25) is 24.8 Å². The largest absolute Gasteiger partial charge is 0.338 e. The smallest absolute Gasteiger partial charge is 0.272 e. The fourth-order valence-corrected chi connectivity index (χ4v) is 3.36. The predicted octanol–water partition coefficient (Wildman–Crippen LogP) is 2.00. The normalized spacial score (nSPS) is 11.3. The summed E-state index contributed by atoms with van der Waals surface area (Å²) in [6.45, 7) is 0. The summed E-state index contributed by atoms with van der Waals surface area (Å²) < 4.78 is 40.1. The van der Waals surface area contributed by atoms with Gasteiger partial charge in [-0.1, -0.05) is 0 Å². The number of nitro groups is 2. The second-order valence-corrected chi connectivity index (χ2v) is 6.48. The molecule has 0 bridgehead atoms. The molecule has 0 radical (unpaired) electrons. The molecule has 0 heterocycles. The third kappa shape index (κ3) is 3.08. The minimum Gasteiger partial charge on any atom is -0.338 e. The van der Waals surface area contributed by atoms with Crippen molar-refractivity contribution < 1.29 is 28.1 Å². The second-order valence-electron chi connectivity index (χ2n) is 4.36. The molecule has 0 aromatic heterocycles.